The van der Waals surface area contributed by atoms with E-state index in [1.807, 2.05) is 25.1 Å². The van der Waals surface area contributed by atoms with E-state index in [-0.39, 0.29) is 6.42 Å². The lowest BCUT2D eigenvalue weighted by molar-refractivity contribution is -0.136. The van der Waals surface area contributed by atoms with Crippen LogP contribution in [0.25, 0.3) is 0 Å². The predicted molar refractivity (Wildman–Crippen MR) is 63.0 cm³/mol. The SMILES string of the molecule is CCOc1ccc(CC(=O)O)cc1C(C)C. The molecule has 0 spiro atoms. The van der Waals surface area contributed by atoms with Crippen molar-refractivity contribution in [1.29, 1.82) is 0 Å². The summed E-state index contributed by atoms with van der Waals surface area (Å²) in [5, 5.41) is 8.74. The second kappa shape index (κ2) is 5.54. The number of carboxylic acid groups (broad SMARTS) is 1. The fourth-order valence-corrected chi connectivity index (χ4v) is 1.62. The molecule has 3 nitrogen and oxygen atoms in total. The average Bonchev–Trinajstić information content (AvgIpc) is 2.19. The van der Waals surface area contributed by atoms with Gasteiger partial charge in [-0.05, 0) is 30.0 Å². The second-order valence-corrected chi connectivity index (χ2v) is 4.03. The van der Waals surface area contributed by atoms with Crippen molar-refractivity contribution in [3.8, 4) is 5.75 Å². The molecule has 88 valence electrons. The zero-order chi connectivity index (χ0) is 12.1. The highest BCUT2D eigenvalue weighted by atomic mass is 16.5. The van der Waals surface area contributed by atoms with Crippen molar-refractivity contribution in [2.75, 3.05) is 6.61 Å². The Morgan fingerprint density at radius 3 is 2.62 bits per heavy atom. The van der Waals surface area contributed by atoms with E-state index in [4.69, 9.17) is 9.84 Å². The van der Waals surface area contributed by atoms with Gasteiger partial charge in [0.15, 0.2) is 0 Å². The van der Waals surface area contributed by atoms with Crippen molar-refractivity contribution in [3.63, 3.8) is 0 Å². The summed E-state index contributed by atoms with van der Waals surface area (Å²) in [5.41, 5.74) is 1.89. The maximum absolute atomic E-state index is 10.6. The number of hydrogen-bond acceptors (Lipinski definition) is 2. The number of hydrogen-bond donors (Lipinski definition) is 1. The molecule has 0 unspecified atom stereocenters. The molecule has 0 amide bonds. The first-order valence-corrected chi connectivity index (χ1v) is 5.52. The Balaban J connectivity index is 3.02. The molecule has 0 aliphatic rings. The first-order chi connectivity index (χ1) is 7.54. The molecule has 0 aromatic heterocycles. The maximum atomic E-state index is 10.6. The van der Waals surface area contributed by atoms with Crippen molar-refractivity contribution in [2.45, 2.75) is 33.1 Å². The fraction of sp³-hybridized carbons (Fsp3) is 0.462. The average molecular weight is 222 g/mol. The highest BCUT2D eigenvalue weighted by Gasteiger charge is 2.10. The molecule has 1 aromatic carbocycles. The molecular weight excluding hydrogens is 204 g/mol. The van der Waals surface area contributed by atoms with Crippen molar-refractivity contribution in [3.05, 3.63) is 29.3 Å². The van der Waals surface area contributed by atoms with Gasteiger partial charge in [0.2, 0.25) is 0 Å². The lowest BCUT2D eigenvalue weighted by Gasteiger charge is -2.14. The van der Waals surface area contributed by atoms with Crippen molar-refractivity contribution < 1.29 is 14.6 Å². The minimum Gasteiger partial charge on any atom is -0.494 e. The van der Waals surface area contributed by atoms with E-state index >= 15 is 0 Å². The summed E-state index contributed by atoms with van der Waals surface area (Å²) in [7, 11) is 0. The van der Waals surface area contributed by atoms with Crippen LogP contribution < -0.4 is 4.74 Å². The molecule has 0 bridgehead atoms. The van der Waals surface area contributed by atoms with Crippen molar-refractivity contribution in [2.24, 2.45) is 0 Å². The van der Waals surface area contributed by atoms with Crippen molar-refractivity contribution in [1.82, 2.24) is 0 Å². The van der Waals surface area contributed by atoms with Gasteiger partial charge in [0, 0.05) is 0 Å². The molecule has 0 aliphatic heterocycles. The largest absolute Gasteiger partial charge is 0.494 e. The molecule has 0 radical (unpaired) electrons. The summed E-state index contributed by atoms with van der Waals surface area (Å²) in [5.74, 6) is 0.376. The quantitative estimate of drug-likeness (QED) is 0.833. The van der Waals surface area contributed by atoms with Crippen LogP contribution >= 0.6 is 0 Å². The highest BCUT2D eigenvalue weighted by Crippen LogP contribution is 2.27. The molecule has 0 aliphatic carbocycles. The van der Waals surface area contributed by atoms with Crippen LogP contribution in [-0.2, 0) is 11.2 Å². The van der Waals surface area contributed by atoms with Gasteiger partial charge < -0.3 is 9.84 Å². The molecule has 0 saturated heterocycles. The Bertz CT molecular complexity index is 369. The number of aliphatic carboxylic acids is 1. The van der Waals surface area contributed by atoms with E-state index in [1.165, 1.54) is 0 Å². The van der Waals surface area contributed by atoms with Crippen LogP contribution in [0.5, 0.6) is 5.75 Å². The summed E-state index contributed by atoms with van der Waals surface area (Å²) in [6, 6.07) is 5.59. The van der Waals surface area contributed by atoms with Gasteiger partial charge in [-0.25, -0.2) is 0 Å². The van der Waals surface area contributed by atoms with Crippen LogP contribution in [0.4, 0.5) is 0 Å². The number of ether oxygens (including phenoxy) is 1. The maximum Gasteiger partial charge on any atom is 0.307 e. The van der Waals surface area contributed by atoms with Gasteiger partial charge in [-0.3, -0.25) is 4.79 Å². The van der Waals surface area contributed by atoms with Gasteiger partial charge in [-0.15, -0.1) is 0 Å². The number of benzene rings is 1. The molecule has 3 heteroatoms. The topological polar surface area (TPSA) is 46.5 Å². The van der Waals surface area contributed by atoms with E-state index in [0.29, 0.717) is 12.5 Å². The summed E-state index contributed by atoms with van der Waals surface area (Å²) < 4.78 is 5.51. The molecule has 0 saturated carbocycles. The summed E-state index contributed by atoms with van der Waals surface area (Å²) >= 11 is 0. The van der Waals surface area contributed by atoms with E-state index in [1.54, 1.807) is 0 Å². The van der Waals surface area contributed by atoms with E-state index in [0.717, 1.165) is 16.9 Å². The summed E-state index contributed by atoms with van der Waals surface area (Å²) in [4.78, 5) is 10.6. The zero-order valence-corrected chi connectivity index (χ0v) is 9.99. The lowest BCUT2D eigenvalue weighted by atomic mass is 9.98. The van der Waals surface area contributed by atoms with Gasteiger partial charge in [-0.1, -0.05) is 26.0 Å². The van der Waals surface area contributed by atoms with Crippen LogP contribution in [0.1, 0.15) is 37.8 Å². The minimum absolute atomic E-state index is 0.0616. The van der Waals surface area contributed by atoms with Gasteiger partial charge in [-0.2, -0.15) is 0 Å². The van der Waals surface area contributed by atoms with Crippen LogP contribution in [-0.4, -0.2) is 17.7 Å². The van der Waals surface area contributed by atoms with E-state index in [2.05, 4.69) is 13.8 Å². The van der Waals surface area contributed by atoms with Crippen molar-refractivity contribution >= 4 is 5.97 Å². The lowest BCUT2D eigenvalue weighted by Crippen LogP contribution is -2.03. The zero-order valence-electron chi connectivity index (χ0n) is 9.99. The Morgan fingerprint density at radius 2 is 2.12 bits per heavy atom. The van der Waals surface area contributed by atoms with Gasteiger partial charge in [0.1, 0.15) is 5.75 Å². The Kier molecular flexibility index (Phi) is 4.35. The van der Waals surface area contributed by atoms with Crippen LogP contribution in [0.15, 0.2) is 18.2 Å². The Hall–Kier alpha value is -1.51. The number of carbonyl (C=O) groups is 1. The molecule has 1 aromatic rings. The van der Waals surface area contributed by atoms with Gasteiger partial charge >= 0.3 is 5.97 Å². The van der Waals surface area contributed by atoms with Crippen LogP contribution in [0, 0.1) is 0 Å². The molecular formula is C13H18O3. The Labute approximate surface area is 96.1 Å². The Morgan fingerprint density at radius 1 is 1.44 bits per heavy atom. The first kappa shape index (κ1) is 12.6. The summed E-state index contributed by atoms with van der Waals surface area (Å²) in [6.07, 6.45) is 0.0616. The summed E-state index contributed by atoms with van der Waals surface area (Å²) in [6.45, 7) is 6.71. The van der Waals surface area contributed by atoms with Gasteiger partial charge in [0.25, 0.3) is 0 Å². The monoisotopic (exact) mass is 222 g/mol. The molecule has 0 fully saturated rings. The predicted octanol–water partition coefficient (Wildman–Crippen LogP) is 2.84. The highest BCUT2D eigenvalue weighted by molar-refractivity contribution is 5.70. The number of carboxylic acids is 1. The standard InChI is InChI=1S/C13H18O3/c1-4-16-12-6-5-10(8-13(14)15)7-11(12)9(2)3/h5-7,9H,4,8H2,1-3H3,(H,14,15). The fourth-order valence-electron chi connectivity index (χ4n) is 1.62. The minimum atomic E-state index is -0.807. The van der Waals surface area contributed by atoms with Gasteiger partial charge in [0.05, 0.1) is 13.0 Å². The third kappa shape index (κ3) is 3.26. The first-order valence-electron chi connectivity index (χ1n) is 5.52. The molecule has 16 heavy (non-hydrogen) atoms. The van der Waals surface area contributed by atoms with E-state index in [9.17, 15) is 4.79 Å². The third-order valence-corrected chi connectivity index (χ3v) is 2.35. The smallest absolute Gasteiger partial charge is 0.307 e. The normalized spacial score (nSPS) is 10.5. The molecule has 0 atom stereocenters. The molecule has 1 rings (SSSR count). The second-order valence-electron chi connectivity index (χ2n) is 4.03. The van der Waals surface area contributed by atoms with Crippen LogP contribution in [0.3, 0.4) is 0 Å². The van der Waals surface area contributed by atoms with E-state index < -0.39 is 5.97 Å². The third-order valence-electron chi connectivity index (χ3n) is 2.35. The van der Waals surface area contributed by atoms with Crippen LogP contribution in [0.2, 0.25) is 0 Å². The molecule has 1 N–H and O–H groups in total. The molecule has 0 heterocycles. The number of rotatable bonds is 5.